The molecule has 176 valence electrons. The number of hydrogen-bond acceptors (Lipinski definition) is 7. The van der Waals surface area contributed by atoms with E-state index in [1.807, 2.05) is 4.90 Å². The molecular weight excluding hydrogens is 454 g/mol. The first kappa shape index (κ1) is 24.2. The minimum atomic E-state index is -1.04. The normalized spacial score (nSPS) is 18.5. The van der Waals surface area contributed by atoms with Crippen LogP contribution in [0.15, 0.2) is 35.1 Å². The maximum atomic E-state index is 12.6. The number of piperidine rings is 1. The van der Waals surface area contributed by atoms with Gasteiger partial charge in [-0.1, -0.05) is 11.6 Å². The second-order valence-electron chi connectivity index (χ2n) is 7.58. The lowest BCUT2D eigenvalue weighted by Gasteiger charge is -2.37. The number of pyridine rings is 1. The number of nitrogen functional groups attached to an aromatic ring is 1. The largest absolute Gasteiger partial charge is 0.478 e. The summed E-state index contributed by atoms with van der Waals surface area (Å²) in [5.74, 6) is -1.92. The summed E-state index contributed by atoms with van der Waals surface area (Å²) >= 11 is 5.91. The number of benzene rings is 1. The zero-order valence-corrected chi connectivity index (χ0v) is 18.5. The number of methoxy groups -OCH3 is 1. The number of aromatic carboxylic acids is 1. The molecule has 0 saturated carbocycles. The van der Waals surface area contributed by atoms with Gasteiger partial charge in [0.2, 0.25) is 5.91 Å². The van der Waals surface area contributed by atoms with Gasteiger partial charge in [0, 0.05) is 25.9 Å². The second kappa shape index (κ2) is 10.5. The van der Waals surface area contributed by atoms with Crippen molar-refractivity contribution in [1.82, 2.24) is 15.2 Å². The predicted molar refractivity (Wildman–Crippen MR) is 122 cm³/mol. The van der Waals surface area contributed by atoms with Crippen LogP contribution in [-0.4, -0.2) is 71.7 Å². The molecule has 0 aliphatic carbocycles. The van der Waals surface area contributed by atoms with Crippen LogP contribution in [-0.2, 0) is 9.53 Å². The van der Waals surface area contributed by atoms with Gasteiger partial charge in [0.05, 0.1) is 29.3 Å². The van der Waals surface area contributed by atoms with Crippen LogP contribution in [0.4, 0.5) is 11.5 Å². The summed E-state index contributed by atoms with van der Waals surface area (Å²) in [7, 11) is 1.50. The van der Waals surface area contributed by atoms with Gasteiger partial charge < -0.3 is 31.2 Å². The predicted octanol–water partition coefficient (Wildman–Crippen LogP) is 0.767. The number of carbonyl (C=O) groups excluding carboxylic acids is 2. The lowest BCUT2D eigenvalue weighted by atomic mass is 10.0. The van der Waals surface area contributed by atoms with Crippen LogP contribution < -0.4 is 21.9 Å². The average Bonchev–Trinajstić information content (AvgIpc) is 2.77. The fourth-order valence-electron chi connectivity index (χ4n) is 3.56. The number of rotatable bonds is 7. The molecule has 3 rings (SSSR count). The molecule has 1 aliphatic heterocycles. The Bertz CT molecular complexity index is 1100. The van der Waals surface area contributed by atoms with Crippen LogP contribution in [0.25, 0.3) is 0 Å². The van der Waals surface area contributed by atoms with Crippen LogP contribution in [0.3, 0.4) is 0 Å². The van der Waals surface area contributed by atoms with Gasteiger partial charge in [-0.2, -0.15) is 0 Å². The Kier molecular flexibility index (Phi) is 7.69. The van der Waals surface area contributed by atoms with Crippen molar-refractivity contribution in [2.24, 2.45) is 0 Å². The van der Waals surface area contributed by atoms with Crippen LogP contribution >= 0.6 is 11.6 Å². The zero-order chi connectivity index (χ0) is 24.1. The number of aromatic amines is 1. The number of nitrogens with two attached hydrogens (primary N) is 1. The summed E-state index contributed by atoms with van der Waals surface area (Å²) in [6.07, 6.45) is 0.0829. The van der Waals surface area contributed by atoms with E-state index in [4.69, 9.17) is 27.2 Å². The fourth-order valence-corrected chi connectivity index (χ4v) is 3.72. The zero-order valence-electron chi connectivity index (χ0n) is 17.8. The number of carboxylic acids is 1. The van der Waals surface area contributed by atoms with E-state index in [0.717, 1.165) is 0 Å². The maximum absolute atomic E-state index is 12.6. The minimum Gasteiger partial charge on any atom is -0.478 e. The van der Waals surface area contributed by atoms with Gasteiger partial charge in [0.1, 0.15) is 11.4 Å². The van der Waals surface area contributed by atoms with Gasteiger partial charge in [0.15, 0.2) is 0 Å². The summed E-state index contributed by atoms with van der Waals surface area (Å²) in [6, 6.07) is 6.70. The van der Waals surface area contributed by atoms with E-state index in [9.17, 15) is 19.2 Å². The van der Waals surface area contributed by atoms with Crippen molar-refractivity contribution in [3.63, 3.8) is 0 Å². The summed E-state index contributed by atoms with van der Waals surface area (Å²) in [5.41, 5.74) is 5.36. The highest BCUT2D eigenvalue weighted by atomic mass is 35.5. The highest BCUT2D eigenvalue weighted by Crippen LogP contribution is 2.17. The van der Waals surface area contributed by atoms with Crippen LogP contribution in [0, 0.1) is 0 Å². The topological polar surface area (TPSA) is 167 Å². The lowest BCUT2D eigenvalue weighted by Crippen LogP contribution is -2.56. The van der Waals surface area contributed by atoms with E-state index in [-0.39, 0.29) is 40.5 Å². The SMILES string of the molecule is CO[C@@H]1CN(CC(=O)Nc2ccc(C(=O)O)cc2)CC[C@@H]1NC(=O)c1cc(Cl)c(N)[nH]c1=O. The monoisotopic (exact) mass is 477 g/mol. The molecule has 1 aliphatic rings. The molecule has 33 heavy (non-hydrogen) atoms. The number of nitrogens with one attached hydrogen (secondary N) is 3. The first-order valence-corrected chi connectivity index (χ1v) is 10.4. The third-order valence-electron chi connectivity index (χ3n) is 5.31. The summed E-state index contributed by atoms with van der Waals surface area (Å²) in [6.45, 7) is 0.981. The Hall–Kier alpha value is -3.41. The lowest BCUT2D eigenvalue weighted by molar-refractivity contribution is -0.118. The standard InChI is InChI=1S/C21H24ClN5O6/c1-33-16-9-27(10-17(28)24-12-4-2-11(3-5-12)21(31)32)7-6-15(16)25-19(29)13-8-14(22)18(23)26-20(13)30/h2-5,8,15-16H,6-7,9-10H2,1H3,(H,24,28)(H,25,29)(H,31,32)(H3,23,26,30)/t15-,16+/m0/s1. The van der Waals surface area contributed by atoms with Gasteiger partial charge in [-0.3, -0.25) is 19.3 Å². The van der Waals surface area contributed by atoms with Crippen molar-refractivity contribution in [1.29, 1.82) is 0 Å². The summed E-state index contributed by atoms with van der Waals surface area (Å²) in [4.78, 5) is 52.1. The van der Waals surface area contributed by atoms with E-state index in [1.165, 1.54) is 37.4 Å². The Morgan fingerprint density at radius 3 is 2.64 bits per heavy atom. The molecule has 12 heteroatoms. The smallest absolute Gasteiger partial charge is 0.335 e. The van der Waals surface area contributed by atoms with Gasteiger partial charge in [0.25, 0.3) is 11.5 Å². The highest BCUT2D eigenvalue weighted by molar-refractivity contribution is 6.33. The molecule has 2 amide bonds. The molecule has 1 fully saturated rings. The first-order valence-electron chi connectivity index (χ1n) is 10.1. The number of hydrogen-bond donors (Lipinski definition) is 5. The molecule has 1 aromatic carbocycles. The third kappa shape index (κ3) is 6.09. The third-order valence-corrected chi connectivity index (χ3v) is 5.62. The van der Waals surface area contributed by atoms with Crippen LogP contribution in [0.2, 0.25) is 5.02 Å². The van der Waals surface area contributed by atoms with Crippen molar-refractivity contribution in [2.75, 3.05) is 37.8 Å². The molecule has 2 heterocycles. The van der Waals surface area contributed by atoms with Gasteiger partial charge in [-0.25, -0.2) is 4.79 Å². The molecule has 6 N–H and O–H groups in total. The van der Waals surface area contributed by atoms with E-state index in [0.29, 0.717) is 25.2 Å². The number of aromatic nitrogens is 1. The molecular formula is C21H24ClN5O6. The molecule has 11 nitrogen and oxygen atoms in total. The van der Waals surface area contributed by atoms with Gasteiger partial charge >= 0.3 is 5.97 Å². The number of H-pyrrole nitrogens is 1. The molecule has 0 spiro atoms. The molecule has 0 radical (unpaired) electrons. The fraction of sp³-hybridized carbons (Fsp3) is 0.333. The first-order chi connectivity index (χ1) is 15.7. The number of carboxylic acid groups (broad SMARTS) is 1. The summed E-state index contributed by atoms with van der Waals surface area (Å²) in [5, 5.41) is 14.5. The highest BCUT2D eigenvalue weighted by Gasteiger charge is 2.32. The second-order valence-corrected chi connectivity index (χ2v) is 7.99. The van der Waals surface area contributed by atoms with E-state index >= 15 is 0 Å². The van der Waals surface area contributed by atoms with Crippen molar-refractivity contribution in [2.45, 2.75) is 18.6 Å². The number of halogens is 1. The molecule has 1 aromatic heterocycles. The molecule has 2 atom stereocenters. The van der Waals surface area contributed by atoms with Crippen molar-refractivity contribution in [3.05, 3.63) is 56.8 Å². The molecule has 2 aromatic rings. The Labute approximate surface area is 193 Å². The number of ether oxygens (including phenoxy) is 1. The number of amides is 2. The van der Waals surface area contributed by atoms with E-state index in [2.05, 4.69) is 15.6 Å². The molecule has 0 unspecified atom stereocenters. The van der Waals surface area contributed by atoms with Crippen molar-refractivity contribution in [3.8, 4) is 0 Å². The number of carbonyl (C=O) groups is 3. The van der Waals surface area contributed by atoms with Crippen molar-refractivity contribution < 1.29 is 24.2 Å². The number of nitrogens with zero attached hydrogens (tertiary/aromatic N) is 1. The van der Waals surface area contributed by atoms with Gasteiger partial charge in [-0.05, 0) is 36.8 Å². The number of anilines is 2. The molecule has 1 saturated heterocycles. The van der Waals surface area contributed by atoms with Gasteiger partial charge in [-0.15, -0.1) is 0 Å². The van der Waals surface area contributed by atoms with Crippen molar-refractivity contribution >= 4 is 40.9 Å². The Morgan fingerprint density at radius 2 is 2.00 bits per heavy atom. The van der Waals surface area contributed by atoms with E-state index < -0.39 is 23.5 Å². The Balaban J connectivity index is 1.56. The maximum Gasteiger partial charge on any atom is 0.335 e. The Morgan fingerprint density at radius 1 is 1.30 bits per heavy atom. The van der Waals surface area contributed by atoms with E-state index in [1.54, 1.807) is 0 Å². The summed E-state index contributed by atoms with van der Waals surface area (Å²) < 4.78 is 5.50. The quantitative estimate of drug-likeness (QED) is 0.389. The minimum absolute atomic E-state index is 0.0163. The average molecular weight is 478 g/mol. The van der Waals surface area contributed by atoms with Crippen LogP contribution in [0.5, 0.6) is 0 Å². The molecule has 0 bridgehead atoms. The van der Waals surface area contributed by atoms with Crippen LogP contribution in [0.1, 0.15) is 27.1 Å². The number of likely N-dealkylation sites (tertiary alicyclic amines) is 1.